The van der Waals surface area contributed by atoms with Crippen molar-refractivity contribution in [3.63, 3.8) is 0 Å². The number of carboxylic acid groups (broad SMARTS) is 1. The Bertz CT molecular complexity index is 883. The van der Waals surface area contributed by atoms with E-state index in [2.05, 4.69) is 10.1 Å². The van der Waals surface area contributed by atoms with Gasteiger partial charge in [0.15, 0.2) is 0 Å². The lowest BCUT2D eigenvalue weighted by molar-refractivity contribution is -0.143. The molecule has 1 fully saturated rings. The zero-order valence-corrected chi connectivity index (χ0v) is 17.4. The van der Waals surface area contributed by atoms with Crippen molar-refractivity contribution in [3.05, 3.63) is 59.7 Å². The third-order valence-corrected chi connectivity index (χ3v) is 5.21. The molecule has 2 aromatic rings. The van der Waals surface area contributed by atoms with Crippen molar-refractivity contribution in [3.8, 4) is 11.5 Å². The molecule has 0 aromatic heterocycles. The first-order valence-corrected chi connectivity index (χ1v) is 10.0. The molecule has 1 N–H and O–H groups in total. The maximum atomic E-state index is 11.2. The average Bonchev–Trinajstić information content (AvgIpc) is 2.79. The highest BCUT2D eigenvalue weighted by molar-refractivity contribution is 6.14. The van der Waals surface area contributed by atoms with E-state index in [1.807, 2.05) is 48.5 Å². The molecule has 0 amide bonds. The summed E-state index contributed by atoms with van der Waals surface area (Å²) in [6.45, 7) is 2.43. The smallest absolute Gasteiger partial charge is 0.307 e. The molecule has 3 rings (SSSR count). The van der Waals surface area contributed by atoms with Gasteiger partial charge in [-0.1, -0.05) is 29.4 Å². The first-order valence-electron chi connectivity index (χ1n) is 10.0. The summed E-state index contributed by atoms with van der Waals surface area (Å²) in [5.41, 5.74) is 2.31. The van der Waals surface area contributed by atoms with Crippen molar-refractivity contribution in [2.45, 2.75) is 12.8 Å². The molecule has 7 heteroatoms. The van der Waals surface area contributed by atoms with Crippen LogP contribution in [0.1, 0.15) is 24.0 Å². The number of carbonyl (C=O) groups is 1. The summed E-state index contributed by atoms with van der Waals surface area (Å²) in [7, 11) is 3.25. The number of hydrogen-bond donors (Lipinski definition) is 1. The SMILES string of the molecule is COc1cccc(/C(=N/OCCN2CCC[C@@H](C(=O)O)C2)c2ccccc2OC)c1. The van der Waals surface area contributed by atoms with E-state index in [0.29, 0.717) is 31.2 Å². The van der Waals surface area contributed by atoms with Crippen molar-refractivity contribution in [2.24, 2.45) is 11.1 Å². The molecular weight excluding hydrogens is 384 g/mol. The Labute approximate surface area is 176 Å². The van der Waals surface area contributed by atoms with Crippen LogP contribution in [-0.4, -0.2) is 62.1 Å². The van der Waals surface area contributed by atoms with Crippen LogP contribution >= 0.6 is 0 Å². The molecule has 1 aliphatic heterocycles. The number of aliphatic carboxylic acids is 1. The number of piperidine rings is 1. The molecular formula is C23H28N2O5. The van der Waals surface area contributed by atoms with Gasteiger partial charge in [0.2, 0.25) is 0 Å². The van der Waals surface area contributed by atoms with Gasteiger partial charge >= 0.3 is 5.97 Å². The highest BCUT2D eigenvalue weighted by Gasteiger charge is 2.25. The summed E-state index contributed by atoms with van der Waals surface area (Å²) in [5.74, 6) is 0.393. The molecule has 160 valence electrons. The van der Waals surface area contributed by atoms with Crippen LogP contribution in [-0.2, 0) is 9.63 Å². The van der Waals surface area contributed by atoms with E-state index >= 15 is 0 Å². The van der Waals surface area contributed by atoms with Gasteiger partial charge in [-0.3, -0.25) is 9.69 Å². The summed E-state index contributed by atoms with van der Waals surface area (Å²) in [6, 6.07) is 15.3. The van der Waals surface area contributed by atoms with Crippen LogP contribution in [0, 0.1) is 5.92 Å². The van der Waals surface area contributed by atoms with Gasteiger partial charge in [0.25, 0.3) is 0 Å². The lowest BCUT2D eigenvalue weighted by Gasteiger charge is -2.29. The van der Waals surface area contributed by atoms with E-state index in [0.717, 1.165) is 36.3 Å². The normalized spacial score (nSPS) is 17.4. The Morgan fingerprint density at radius 1 is 1.17 bits per heavy atom. The van der Waals surface area contributed by atoms with Crippen LogP contribution in [0.3, 0.4) is 0 Å². The lowest BCUT2D eigenvalue weighted by Crippen LogP contribution is -2.40. The summed E-state index contributed by atoms with van der Waals surface area (Å²) in [5, 5.41) is 13.7. The van der Waals surface area contributed by atoms with E-state index in [9.17, 15) is 9.90 Å². The van der Waals surface area contributed by atoms with Gasteiger partial charge < -0.3 is 19.4 Å². The monoisotopic (exact) mass is 412 g/mol. The van der Waals surface area contributed by atoms with Gasteiger partial charge in [-0.2, -0.15) is 0 Å². The predicted molar refractivity (Wildman–Crippen MR) is 114 cm³/mol. The molecule has 0 aliphatic carbocycles. The average molecular weight is 412 g/mol. The van der Waals surface area contributed by atoms with E-state index in [1.165, 1.54) is 0 Å². The summed E-state index contributed by atoms with van der Waals surface area (Å²) in [6.07, 6.45) is 1.62. The molecule has 1 atom stereocenters. The highest BCUT2D eigenvalue weighted by atomic mass is 16.6. The van der Waals surface area contributed by atoms with Crippen LogP contribution in [0.5, 0.6) is 11.5 Å². The standard InChI is InChI=1S/C23H28N2O5/c1-28-19-9-5-7-17(15-19)22(20-10-3-4-11-21(20)29-2)24-30-14-13-25-12-6-8-18(16-25)23(26)27/h3-5,7,9-11,15,18H,6,8,12-14,16H2,1-2H3,(H,26,27)/b24-22-/t18-/m1/s1. The molecule has 0 bridgehead atoms. The number of rotatable bonds is 9. The van der Waals surface area contributed by atoms with Crippen LogP contribution < -0.4 is 9.47 Å². The number of para-hydroxylation sites is 1. The second-order valence-electron chi connectivity index (χ2n) is 7.18. The molecule has 0 radical (unpaired) electrons. The Kier molecular flexibility index (Phi) is 7.68. The van der Waals surface area contributed by atoms with E-state index < -0.39 is 5.97 Å². The first-order chi connectivity index (χ1) is 14.6. The number of methoxy groups -OCH3 is 2. The van der Waals surface area contributed by atoms with Crippen LogP contribution in [0.4, 0.5) is 0 Å². The topological polar surface area (TPSA) is 80.6 Å². The van der Waals surface area contributed by atoms with E-state index in [4.69, 9.17) is 14.3 Å². The third-order valence-electron chi connectivity index (χ3n) is 5.21. The number of benzene rings is 2. The fraction of sp³-hybridized carbons (Fsp3) is 0.391. The lowest BCUT2D eigenvalue weighted by atomic mass is 9.98. The predicted octanol–water partition coefficient (Wildman–Crippen LogP) is 3.27. The molecule has 0 spiro atoms. The summed E-state index contributed by atoms with van der Waals surface area (Å²) >= 11 is 0. The number of ether oxygens (including phenoxy) is 2. The maximum Gasteiger partial charge on any atom is 0.307 e. The van der Waals surface area contributed by atoms with Gasteiger partial charge in [-0.15, -0.1) is 0 Å². The summed E-state index contributed by atoms with van der Waals surface area (Å²) < 4.78 is 10.9. The van der Waals surface area contributed by atoms with Crippen molar-refractivity contribution in [1.29, 1.82) is 0 Å². The Balaban J connectivity index is 1.75. The highest BCUT2D eigenvalue weighted by Crippen LogP contribution is 2.24. The molecule has 7 nitrogen and oxygen atoms in total. The van der Waals surface area contributed by atoms with Crippen molar-refractivity contribution in [2.75, 3.05) is 40.5 Å². The second kappa shape index (κ2) is 10.6. The minimum absolute atomic E-state index is 0.303. The van der Waals surface area contributed by atoms with E-state index in [1.54, 1.807) is 14.2 Å². The van der Waals surface area contributed by atoms with Crippen molar-refractivity contribution >= 4 is 11.7 Å². The molecule has 0 saturated carbocycles. The molecule has 30 heavy (non-hydrogen) atoms. The van der Waals surface area contributed by atoms with E-state index in [-0.39, 0.29) is 5.92 Å². The van der Waals surface area contributed by atoms with Gasteiger partial charge in [-0.25, -0.2) is 0 Å². The maximum absolute atomic E-state index is 11.2. The molecule has 2 aromatic carbocycles. The molecule has 0 unspecified atom stereocenters. The number of hydrogen-bond acceptors (Lipinski definition) is 6. The van der Waals surface area contributed by atoms with Gasteiger partial charge in [0.1, 0.15) is 23.8 Å². The summed E-state index contributed by atoms with van der Waals surface area (Å²) in [4.78, 5) is 19.0. The minimum atomic E-state index is -0.727. The quantitative estimate of drug-likeness (QED) is 0.387. The van der Waals surface area contributed by atoms with Crippen molar-refractivity contribution < 1.29 is 24.2 Å². The van der Waals surface area contributed by atoms with Crippen LogP contribution in [0.15, 0.2) is 53.7 Å². The number of carboxylic acids is 1. The van der Waals surface area contributed by atoms with Gasteiger partial charge in [0, 0.05) is 24.2 Å². The molecule has 1 saturated heterocycles. The Morgan fingerprint density at radius 3 is 2.77 bits per heavy atom. The van der Waals surface area contributed by atoms with Crippen LogP contribution in [0.2, 0.25) is 0 Å². The van der Waals surface area contributed by atoms with Gasteiger partial charge in [0.05, 0.1) is 20.1 Å². The van der Waals surface area contributed by atoms with Gasteiger partial charge in [-0.05, 0) is 43.7 Å². The Morgan fingerprint density at radius 2 is 2.00 bits per heavy atom. The fourth-order valence-corrected chi connectivity index (χ4v) is 3.61. The minimum Gasteiger partial charge on any atom is -0.497 e. The zero-order chi connectivity index (χ0) is 21.3. The number of oxime groups is 1. The van der Waals surface area contributed by atoms with Crippen LogP contribution in [0.25, 0.3) is 0 Å². The van der Waals surface area contributed by atoms with Crippen molar-refractivity contribution in [1.82, 2.24) is 4.90 Å². The first kappa shape index (κ1) is 21.6. The fourth-order valence-electron chi connectivity index (χ4n) is 3.61. The number of likely N-dealkylation sites (tertiary alicyclic amines) is 1. The number of nitrogens with zero attached hydrogens (tertiary/aromatic N) is 2. The largest absolute Gasteiger partial charge is 0.497 e. The third kappa shape index (κ3) is 5.51. The molecule has 1 aliphatic rings. The molecule has 1 heterocycles. The second-order valence-corrected chi connectivity index (χ2v) is 7.18. The zero-order valence-electron chi connectivity index (χ0n) is 17.4. The Hall–Kier alpha value is -3.06.